The second-order valence-corrected chi connectivity index (χ2v) is 7.29. The van der Waals surface area contributed by atoms with E-state index in [1.165, 1.54) is 35.6 Å². The molecule has 0 unspecified atom stereocenters. The molecule has 0 aliphatic carbocycles. The third-order valence-corrected chi connectivity index (χ3v) is 5.18. The summed E-state index contributed by atoms with van der Waals surface area (Å²) in [6.45, 7) is 0. The highest BCUT2D eigenvalue weighted by molar-refractivity contribution is 7.11. The summed E-state index contributed by atoms with van der Waals surface area (Å²) in [5.74, 6) is -2.21. The first kappa shape index (κ1) is 20.6. The Morgan fingerprint density at radius 1 is 0.903 bits per heavy atom. The van der Waals surface area contributed by atoms with Crippen LogP contribution >= 0.6 is 11.3 Å². The lowest BCUT2D eigenvalue weighted by Crippen LogP contribution is -2.32. The number of imide groups is 1. The maximum absolute atomic E-state index is 13.3. The molecule has 1 N–H and O–H groups in total. The Bertz CT molecular complexity index is 1150. The quantitative estimate of drug-likeness (QED) is 0.432. The molecule has 2 aromatic carbocycles. The largest absolute Gasteiger partial charge is 0.573 e. The van der Waals surface area contributed by atoms with Crippen LogP contribution in [0, 0.1) is 5.82 Å². The van der Waals surface area contributed by atoms with Crippen molar-refractivity contribution in [2.24, 2.45) is 0 Å². The van der Waals surface area contributed by atoms with Crippen molar-refractivity contribution in [3.05, 3.63) is 82.4 Å². The zero-order chi connectivity index (χ0) is 22.2. The Hall–Kier alpha value is -3.66. The average molecular weight is 448 g/mol. The van der Waals surface area contributed by atoms with Gasteiger partial charge < -0.3 is 10.1 Å². The zero-order valence-corrected chi connectivity index (χ0v) is 16.3. The standard InChI is InChI=1S/C21H12F4N2O3S/c22-12-3-7-14(8-4-12)27-19(28)17(16-2-1-11-31-16)18(20(27)29)26-13-5-9-15(10-6-13)30-21(23,24)25/h1-11,26H. The molecular weight excluding hydrogens is 436 g/mol. The molecule has 0 spiro atoms. The molecule has 0 saturated heterocycles. The number of benzene rings is 2. The highest BCUT2D eigenvalue weighted by Gasteiger charge is 2.40. The van der Waals surface area contributed by atoms with E-state index >= 15 is 0 Å². The van der Waals surface area contributed by atoms with Crippen molar-refractivity contribution in [3.8, 4) is 5.75 Å². The van der Waals surface area contributed by atoms with Crippen LogP contribution in [-0.4, -0.2) is 18.2 Å². The number of thiophene rings is 1. The van der Waals surface area contributed by atoms with Gasteiger partial charge in [-0.05, 0) is 60.0 Å². The minimum Gasteiger partial charge on any atom is -0.406 e. The van der Waals surface area contributed by atoms with Crippen LogP contribution in [0.2, 0.25) is 0 Å². The molecule has 0 bridgehead atoms. The molecule has 2 heterocycles. The van der Waals surface area contributed by atoms with E-state index in [0.717, 1.165) is 29.2 Å². The van der Waals surface area contributed by atoms with E-state index in [0.29, 0.717) is 4.88 Å². The van der Waals surface area contributed by atoms with Gasteiger partial charge in [0, 0.05) is 10.6 Å². The summed E-state index contributed by atoms with van der Waals surface area (Å²) in [5.41, 5.74) is 0.540. The summed E-state index contributed by atoms with van der Waals surface area (Å²) < 4.78 is 54.1. The summed E-state index contributed by atoms with van der Waals surface area (Å²) in [5, 5.41) is 4.56. The van der Waals surface area contributed by atoms with Crippen molar-refractivity contribution in [2.75, 3.05) is 10.2 Å². The Morgan fingerprint density at radius 3 is 2.16 bits per heavy atom. The lowest BCUT2D eigenvalue weighted by atomic mass is 10.2. The van der Waals surface area contributed by atoms with Gasteiger partial charge in [-0.1, -0.05) is 6.07 Å². The molecule has 0 fully saturated rings. The number of amides is 2. The van der Waals surface area contributed by atoms with E-state index in [1.54, 1.807) is 17.5 Å². The third-order valence-electron chi connectivity index (χ3n) is 4.29. The van der Waals surface area contributed by atoms with Crippen LogP contribution in [0.15, 0.2) is 71.7 Å². The number of hydrogen-bond acceptors (Lipinski definition) is 5. The molecular formula is C21H12F4N2O3S. The average Bonchev–Trinajstić information content (AvgIpc) is 3.30. The number of rotatable bonds is 5. The molecule has 10 heteroatoms. The Morgan fingerprint density at radius 2 is 1.58 bits per heavy atom. The predicted octanol–water partition coefficient (Wildman–Crippen LogP) is 5.18. The third kappa shape index (κ3) is 4.29. The second-order valence-electron chi connectivity index (χ2n) is 6.35. The van der Waals surface area contributed by atoms with Crippen LogP contribution in [0.5, 0.6) is 5.75 Å². The first-order valence-corrected chi connectivity index (χ1v) is 9.66. The fourth-order valence-corrected chi connectivity index (χ4v) is 3.77. The minimum atomic E-state index is -4.83. The maximum atomic E-state index is 13.3. The summed E-state index contributed by atoms with van der Waals surface area (Å²) in [4.78, 5) is 27.6. The van der Waals surface area contributed by atoms with Crippen LogP contribution < -0.4 is 15.0 Å². The van der Waals surface area contributed by atoms with E-state index in [-0.39, 0.29) is 22.6 Å². The normalized spacial score (nSPS) is 14.4. The van der Waals surface area contributed by atoms with Crippen molar-refractivity contribution in [3.63, 3.8) is 0 Å². The molecule has 31 heavy (non-hydrogen) atoms. The summed E-state index contributed by atoms with van der Waals surface area (Å²) in [7, 11) is 0. The highest BCUT2D eigenvalue weighted by Crippen LogP contribution is 2.36. The number of hydrogen-bond donors (Lipinski definition) is 1. The van der Waals surface area contributed by atoms with Crippen molar-refractivity contribution in [2.45, 2.75) is 6.36 Å². The van der Waals surface area contributed by atoms with Crippen LogP contribution in [0.3, 0.4) is 0 Å². The van der Waals surface area contributed by atoms with Gasteiger partial charge in [0.05, 0.1) is 11.3 Å². The topological polar surface area (TPSA) is 58.6 Å². The van der Waals surface area contributed by atoms with Gasteiger partial charge in [-0.3, -0.25) is 9.59 Å². The SMILES string of the molecule is O=C1C(Nc2ccc(OC(F)(F)F)cc2)=C(c2cccs2)C(=O)N1c1ccc(F)cc1. The number of anilines is 2. The number of nitrogens with zero attached hydrogens (tertiary/aromatic N) is 1. The van der Waals surface area contributed by atoms with E-state index in [2.05, 4.69) is 10.1 Å². The number of alkyl halides is 3. The van der Waals surface area contributed by atoms with E-state index < -0.39 is 29.7 Å². The molecule has 1 aliphatic heterocycles. The number of ether oxygens (including phenoxy) is 1. The van der Waals surface area contributed by atoms with Crippen LogP contribution in [0.4, 0.5) is 28.9 Å². The van der Waals surface area contributed by atoms with Crippen molar-refractivity contribution in [1.29, 1.82) is 0 Å². The van der Waals surface area contributed by atoms with Gasteiger partial charge in [-0.2, -0.15) is 0 Å². The van der Waals surface area contributed by atoms with Crippen molar-refractivity contribution in [1.82, 2.24) is 0 Å². The van der Waals surface area contributed by atoms with Crippen LogP contribution in [0.1, 0.15) is 4.88 Å². The number of nitrogens with one attached hydrogen (secondary N) is 1. The molecule has 1 aliphatic rings. The van der Waals surface area contributed by atoms with Crippen LogP contribution in [-0.2, 0) is 9.59 Å². The molecule has 0 saturated carbocycles. The number of carbonyl (C=O) groups excluding carboxylic acids is 2. The van der Waals surface area contributed by atoms with E-state index in [9.17, 15) is 27.2 Å². The van der Waals surface area contributed by atoms with Gasteiger partial charge in [0.15, 0.2) is 0 Å². The molecule has 3 aromatic rings. The van der Waals surface area contributed by atoms with Gasteiger partial charge in [0.25, 0.3) is 11.8 Å². The van der Waals surface area contributed by atoms with Gasteiger partial charge >= 0.3 is 6.36 Å². The lowest BCUT2D eigenvalue weighted by Gasteiger charge is -2.15. The molecule has 5 nitrogen and oxygen atoms in total. The smallest absolute Gasteiger partial charge is 0.406 e. The molecule has 0 atom stereocenters. The predicted molar refractivity (Wildman–Crippen MR) is 107 cm³/mol. The number of halogens is 4. The summed E-state index contributed by atoms with van der Waals surface area (Å²) >= 11 is 1.25. The highest BCUT2D eigenvalue weighted by atomic mass is 32.1. The second kappa shape index (κ2) is 7.88. The first-order valence-electron chi connectivity index (χ1n) is 8.78. The minimum absolute atomic E-state index is 0.0405. The van der Waals surface area contributed by atoms with E-state index in [4.69, 9.17) is 0 Å². The maximum Gasteiger partial charge on any atom is 0.573 e. The fourth-order valence-electron chi connectivity index (χ4n) is 3.00. The fraction of sp³-hybridized carbons (Fsp3) is 0.0476. The van der Waals surface area contributed by atoms with Gasteiger partial charge in [-0.15, -0.1) is 24.5 Å². The Kier molecular flexibility index (Phi) is 5.24. The molecule has 158 valence electrons. The van der Waals surface area contributed by atoms with Gasteiger partial charge in [0.1, 0.15) is 17.3 Å². The molecule has 2 amide bonds. The zero-order valence-electron chi connectivity index (χ0n) is 15.4. The first-order chi connectivity index (χ1) is 14.7. The van der Waals surface area contributed by atoms with E-state index in [1.807, 2.05) is 0 Å². The lowest BCUT2D eigenvalue weighted by molar-refractivity contribution is -0.274. The monoisotopic (exact) mass is 448 g/mol. The van der Waals surface area contributed by atoms with Gasteiger partial charge in [-0.25, -0.2) is 9.29 Å². The number of carbonyl (C=O) groups is 2. The Labute approximate surface area is 177 Å². The van der Waals surface area contributed by atoms with Gasteiger partial charge in [0.2, 0.25) is 0 Å². The molecule has 0 radical (unpaired) electrons. The summed E-state index contributed by atoms with van der Waals surface area (Å²) in [6, 6.07) is 13.0. The Balaban J connectivity index is 1.68. The van der Waals surface area contributed by atoms with Crippen molar-refractivity contribution < 1.29 is 31.9 Å². The molecule has 4 rings (SSSR count). The molecule has 1 aromatic heterocycles. The van der Waals surface area contributed by atoms with Crippen LogP contribution in [0.25, 0.3) is 5.57 Å². The summed E-state index contributed by atoms with van der Waals surface area (Å²) in [6.07, 6.45) is -4.83. The van der Waals surface area contributed by atoms with Crippen molar-refractivity contribution >= 4 is 40.1 Å².